The molecule has 0 aliphatic heterocycles. The van der Waals surface area contributed by atoms with Gasteiger partial charge in [-0.1, -0.05) is 54.6 Å². The predicted octanol–water partition coefficient (Wildman–Crippen LogP) is 10.3. The molecular formula is C37H20IrNO2-. The van der Waals surface area contributed by atoms with E-state index in [9.17, 15) is 0 Å². The van der Waals surface area contributed by atoms with Crippen LogP contribution in [-0.2, 0) is 20.1 Å². The van der Waals surface area contributed by atoms with Gasteiger partial charge in [-0.15, -0.1) is 35.9 Å². The van der Waals surface area contributed by atoms with E-state index in [0.29, 0.717) is 0 Å². The molecule has 9 aromatic rings. The van der Waals surface area contributed by atoms with Crippen LogP contribution in [0.15, 0.2) is 130 Å². The van der Waals surface area contributed by atoms with E-state index in [1.165, 1.54) is 10.8 Å². The monoisotopic (exact) mass is 703 g/mol. The first kappa shape index (κ1) is 24.1. The summed E-state index contributed by atoms with van der Waals surface area (Å²) >= 11 is 0. The first-order valence-electron chi connectivity index (χ1n) is 13.4. The van der Waals surface area contributed by atoms with Gasteiger partial charge in [0.05, 0.1) is 5.39 Å². The second kappa shape index (κ2) is 9.14. The number of fused-ring (bicyclic) bond motifs is 9. The van der Waals surface area contributed by atoms with Gasteiger partial charge in [-0.25, -0.2) is 0 Å². The molecule has 3 aromatic heterocycles. The van der Waals surface area contributed by atoms with Crippen LogP contribution in [0.25, 0.3) is 87.8 Å². The van der Waals surface area contributed by atoms with E-state index < -0.39 is 0 Å². The molecule has 0 amide bonds. The van der Waals surface area contributed by atoms with E-state index in [1.807, 2.05) is 30.5 Å². The first-order valence-corrected chi connectivity index (χ1v) is 13.4. The average Bonchev–Trinajstić information content (AvgIpc) is 3.56. The van der Waals surface area contributed by atoms with Crippen molar-refractivity contribution in [2.24, 2.45) is 0 Å². The Balaban J connectivity index is 0.00000256. The third-order valence-corrected chi connectivity index (χ3v) is 7.97. The molecule has 3 nitrogen and oxygen atoms in total. The molecule has 195 valence electrons. The minimum absolute atomic E-state index is 0. The topological polar surface area (TPSA) is 39.2 Å². The number of rotatable bonds is 2. The molecule has 0 saturated carbocycles. The SMILES string of the molecule is [Ir].[c-]1ccccc1-c1cc(-c2cc3oc4cc5ccccc5cc4c3c3oc4cc5ccccc5cc4c23)ccn1. The van der Waals surface area contributed by atoms with Gasteiger partial charge in [0.2, 0.25) is 0 Å². The fourth-order valence-electron chi connectivity index (χ4n) is 6.09. The normalized spacial score (nSPS) is 11.7. The van der Waals surface area contributed by atoms with Crippen LogP contribution >= 0.6 is 0 Å². The molecule has 0 aliphatic carbocycles. The summed E-state index contributed by atoms with van der Waals surface area (Å²) < 4.78 is 13.3. The van der Waals surface area contributed by atoms with Crippen molar-refractivity contribution in [2.45, 2.75) is 0 Å². The molecule has 0 atom stereocenters. The Morgan fingerprint density at radius 1 is 0.561 bits per heavy atom. The quantitative estimate of drug-likeness (QED) is 0.168. The zero-order valence-corrected chi connectivity index (χ0v) is 24.0. The van der Waals surface area contributed by atoms with Crippen molar-refractivity contribution < 1.29 is 28.9 Å². The van der Waals surface area contributed by atoms with E-state index in [0.717, 1.165) is 77.0 Å². The second-order valence-electron chi connectivity index (χ2n) is 10.3. The minimum atomic E-state index is 0. The van der Waals surface area contributed by atoms with Crippen molar-refractivity contribution in [1.29, 1.82) is 0 Å². The van der Waals surface area contributed by atoms with Crippen molar-refractivity contribution in [3.8, 4) is 22.4 Å². The van der Waals surface area contributed by atoms with Gasteiger partial charge in [-0.05, 0) is 74.8 Å². The van der Waals surface area contributed by atoms with Gasteiger partial charge in [0.1, 0.15) is 22.3 Å². The van der Waals surface area contributed by atoms with Crippen molar-refractivity contribution in [3.63, 3.8) is 0 Å². The Kier molecular flexibility index (Phi) is 5.36. The standard InChI is InChI=1S/C37H20NO2.Ir/c1-2-8-22(9-3-1)31-18-27(14-15-38-31)28-21-34-36(30-17-24-11-5-6-12-25(24)19-32(30)39-34)37-35(28)29-16-23-10-4-7-13-26(23)20-33(29)40-37;/h1-8,10-21H;/q-1;. The molecule has 0 spiro atoms. The Hall–Kier alpha value is -4.76. The molecule has 41 heavy (non-hydrogen) atoms. The second-order valence-corrected chi connectivity index (χ2v) is 10.3. The summed E-state index contributed by atoms with van der Waals surface area (Å²) in [5.41, 5.74) is 7.31. The number of hydrogen-bond donors (Lipinski definition) is 0. The number of pyridine rings is 1. The van der Waals surface area contributed by atoms with Gasteiger partial charge < -0.3 is 13.8 Å². The molecule has 0 bridgehead atoms. The van der Waals surface area contributed by atoms with E-state index in [4.69, 9.17) is 8.83 Å². The summed E-state index contributed by atoms with van der Waals surface area (Å²) in [6, 6.07) is 43.2. The molecule has 0 fully saturated rings. The Bertz CT molecular complexity index is 2440. The molecule has 0 aliphatic rings. The van der Waals surface area contributed by atoms with Crippen LogP contribution < -0.4 is 0 Å². The van der Waals surface area contributed by atoms with Gasteiger partial charge in [0.15, 0.2) is 0 Å². The van der Waals surface area contributed by atoms with E-state index in [1.54, 1.807) is 0 Å². The summed E-state index contributed by atoms with van der Waals surface area (Å²) in [6.07, 6.45) is 1.87. The van der Waals surface area contributed by atoms with Crippen molar-refractivity contribution in [3.05, 3.63) is 128 Å². The fourth-order valence-corrected chi connectivity index (χ4v) is 6.09. The molecule has 0 unspecified atom stereocenters. The number of nitrogens with zero attached hydrogens (tertiary/aromatic N) is 1. The number of benzene rings is 6. The average molecular weight is 703 g/mol. The van der Waals surface area contributed by atoms with Gasteiger partial charge in [-0.3, -0.25) is 0 Å². The van der Waals surface area contributed by atoms with Crippen LogP contribution in [0.3, 0.4) is 0 Å². The van der Waals surface area contributed by atoms with E-state index in [2.05, 4.69) is 102 Å². The predicted molar refractivity (Wildman–Crippen MR) is 164 cm³/mol. The van der Waals surface area contributed by atoms with E-state index in [-0.39, 0.29) is 20.1 Å². The number of hydrogen-bond acceptors (Lipinski definition) is 3. The summed E-state index contributed by atoms with van der Waals surface area (Å²) in [7, 11) is 0. The minimum Gasteiger partial charge on any atom is -0.456 e. The van der Waals surface area contributed by atoms with Gasteiger partial charge in [0.25, 0.3) is 0 Å². The maximum Gasteiger partial charge on any atom is 0.147 e. The summed E-state index contributed by atoms with van der Waals surface area (Å²) in [5, 5.41) is 8.90. The molecule has 6 aromatic carbocycles. The largest absolute Gasteiger partial charge is 0.456 e. The molecule has 0 saturated heterocycles. The van der Waals surface area contributed by atoms with Crippen molar-refractivity contribution in [1.82, 2.24) is 4.98 Å². The van der Waals surface area contributed by atoms with Crippen LogP contribution in [0, 0.1) is 6.07 Å². The molecule has 9 rings (SSSR count). The zero-order valence-electron chi connectivity index (χ0n) is 21.6. The maximum absolute atomic E-state index is 6.75. The van der Waals surface area contributed by atoms with Crippen LogP contribution in [0.5, 0.6) is 0 Å². The van der Waals surface area contributed by atoms with Crippen LogP contribution in [0.1, 0.15) is 0 Å². The molecule has 4 heteroatoms. The van der Waals surface area contributed by atoms with Crippen LogP contribution in [-0.4, -0.2) is 4.98 Å². The first-order chi connectivity index (χ1) is 19.8. The Morgan fingerprint density at radius 3 is 1.88 bits per heavy atom. The zero-order chi connectivity index (χ0) is 26.2. The number of aromatic nitrogens is 1. The molecular weight excluding hydrogens is 683 g/mol. The Morgan fingerprint density at radius 2 is 1.20 bits per heavy atom. The van der Waals surface area contributed by atoms with Gasteiger partial charge >= 0.3 is 0 Å². The summed E-state index contributed by atoms with van der Waals surface area (Å²) in [5.74, 6) is 0. The van der Waals surface area contributed by atoms with E-state index >= 15 is 0 Å². The molecule has 1 radical (unpaired) electrons. The van der Waals surface area contributed by atoms with Crippen molar-refractivity contribution in [2.75, 3.05) is 0 Å². The van der Waals surface area contributed by atoms with Crippen LogP contribution in [0.4, 0.5) is 0 Å². The third-order valence-electron chi connectivity index (χ3n) is 7.97. The van der Waals surface area contributed by atoms with Gasteiger partial charge in [0, 0.05) is 42.5 Å². The molecule has 0 N–H and O–H groups in total. The number of furan rings is 2. The van der Waals surface area contributed by atoms with Crippen LogP contribution in [0.2, 0.25) is 0 Å². The summed E-state index contributed by atoms with van der Waals surface area (Å²) in [4.78, 5) is 4.66. The molecule has 3 heterocycles. The van der Waals surface area contributed by atoms with Gasteiger partial charge in [-0.2, -0.15) is 0 Å². The third kappa shape index (κ3) is 3.65. The maximum atomic E-state index is 6.75. The smallest absolute Gasteiger partial charge is 0.147 e. The Labute approximate surface area is 248 Å². The van der Waals surface area contributed by atoms with Crippen molar-refractivity contribution >= 4 is 65.4 Å². The summed E-state index contributed by atoms with van der Waals surface area (Å²) in [6.45, 7) is 0. The fraction of sp³-hybridized carbons (Fsp3) is 0.